The van der Waals surface area contributed by atoms with Crippen molar-refractivity contribution in [1.29, 1.82) is 0 Å². The van der Waals surface area contributed by atoms with Crippen LogP contribution in [0.15, 0.2) is 47.7 Å². The molecular weight excluding hydrogens is 388 g/mol. The molecule has 31 heavy (non-hydrogen) atoms. The van der Waals surface area contributed by atoms with Crippen LogP contribution in [0.25, 0.3) is 0 Å². The van der Waals surface area contributed by atoms with Crippen LogP contribution in [0.3, 0.4) is 0 Å². The summed E-state index contributed by atoms with van der Waals surface area (Å²) in [4.78, 5) is 19.6. The van der Waals surface area contributed by atoms with Gasteiger partial charge < -0.3 is 15.5 Å². The quantitative estimate of drug-likeness (QED) is 0.532. The minimum absolute atomic E-state index is 0.252. The van der Waals surface area contributed by atoms with Gasteiger partial charge in [-0.1, -0.05) is 37.1 Å². The third-order valence-corrected chi connectivity index (χ3v) is 6.31. The summed E-state index contributed by atoms with van der Waals surface area (Å²) in [6, 6.07) is 10.6. The molecule has 2 N–H and O–H groups in total. The lowest BCUT2D eigenvalue weighted by Gasteiger charge is -2.21. The SMILES string of the molecule is CCNC(=NCc1ccccc1Cn1cccn1)NC1CCN(C(=O)C2CCCC2)C1. The topological polar surface area (TPSA) is 74.6 Å². The van der Waals surface area contributed by atoms with Gasteiger partial charge in [0.25, 0.3) is 0 Å². The second-order valence-corrected chi connectivity index (χ2v) is 8.56. The highest BCUT2D eigenvalue weighted by atomic mass is 16.2. The Morgan fingerprint density at radius 2 is 1.97 bits per heavy atom. The van der Waals surface area contributed by atoms with Crippen LogP contribution in [-0.4, -0.2) is 52.2 Å². The van der Waals surface area contributed by atoms with Crippen molar-refractivity contribution < 1.29 is 4.79 Å². The molecule has 7 nitrogen and oxygen atoms in total. The third kappa shape index (κ3) is 5.66. The van der Waals surface area contributed by atoms with Crippen LogP contribution in [0.5, 0.6) is 0 Å². The van der Waals surface area contributed by atoms with E-state index in [1.165, 1.54) is 24.0 Å². The molecule has 1 unspecified atom stereocenters. The summed E-state index contributed by atoms with van der Waals surface area (Å²) in [5.41, 5.74) is 2.42. The first-order chi connectivity index (χ1) is 15.2. The first-order valence-electron chi connectivity index (χ1n) is 11.6. The fourth-order valence-corrected chi connectivity index (χ4v) is 4.62. The molecule has 1 amide bonds. The van der Waals surface area contributed by atoms with Crippen molar-refractivity contribution in [2.24, 2.45) is 10.9 Å². The summed E-state index contributed by atoms with van der Waals surface area (Å²) in [6.45, 7) is 5.84. The van der Waals surface area contributed by atoms with E-state index in [-0.39, 0.29) is 12.0 Å². The number of carbonyl (C=O) groups excluding carboxylic acids is 1. The fraction of sp³-hybridized carbons (Fsp3) is 0.542. The number of likely N-dealkylation sites (tertiary alicyclic amines) is 1. The second-order valence-electron chi connectivity index (χ2n) is 8.56. The Labute approximate surface area is 184 Å². The molecule has 1 saturated carbocycles. The molecule has 2 fully saturated rings. The molecule has 1 aliphatic heterocycles. The van der Waals surface area contributed by atoms with Gasteiger partial charge in [-0.15, -0.1) is 0 Å². The zero-order valence-electron chi connectivity index (χ0n) is 18.5. The maximum Gasteiger partial charge on any atom is 0.225 e. The monoisotopic (exact) mass is 422 g/mol. The van der Waals surface area contributed by atoms with Crippen LogP contribution in [0.2, 0.25) is 0 Å². The van der Waals surface area contributed by atoms with E-state index in [9.17, 15) is 4.79 Å². The van der Waals surface area contributed by atoms with Crippen LogP contribution in [0, 0.1) is 5.92 Å². The number of aliphatic imine (C=N–C) groups is 1. The highest BCUT2D eigenvalue weighted by molar-refractivity contribution is 5.81. The predicted octanol–water partition coefficient (Wildman–Crippen LogP) is 2.78. The Morgan fingerprint density at radius 3 is 2.71 bits per heavy atom. The van der Waals surface area contributed by atoms with Crippen LogP contribution < -0.4 is 10.6 Å². The molecule has 166 valence electrons. The number of amides is 1. The number of nitrogens with zero attached hydrogens (tertiary/aromatic N) is 4. The highest BCUT2D eigenvalue weighted by Crippen LogP contribution is 2.27. The number of rotatable bonds is 7. The standard InChI is InChI=1S/C24H34N6O/c1-2-25-24(28-22-12-15-29(18-22)23(31)19-8-3-4-9-19)26-16-20-10-5-6-11-21(20)17-30-14-7-13-27-30/h5-7,10-11,13-14,19,22H,2-4,8-9,12,15-18H2,1H3,(H2,25,26,28). The smallest absolute Gasteiger partial charge is 0.225 e. The first-order valence-corrected chi connectivity index (χ1v) is 11.6. The van der Waals surface area contributed by atoms with E-state index < -0.39 is 0 Å². The van der Waals surface area contributed by atoms with Crippen molar-refractivity contribution in [3.63, 3.8) is 0 Å². The van der Waals surface area contributed by atoms with E-state index in [1.54, 1.807) is 6.20 Å². The molecule has 0 bridgehead atoms. The van der Waals surface area contributed by atoms with Crippen molar-refractivity contribution in [3.05, 3.63) is 53.9 Å². The lowest BCUT2D eigenvalue weighted by Crippen LogP contribution is -2.45. The van der Waals surface area contributed by atoms with Gasteiger partial charge in [-0.2, -0.15) is 5.10 Å². The summed E-state index contributed by atoms with van der Waals surface area (Å²) >= 11 is 0. The minimum Gasteiger partial charge on any atom is -0.357 e. The van der Waals surface area contributed by atoms with Crippen molar-refractivity contribution >= 4 is 11.9 Å². The Hall–Kier alpha value is -2.83. The maximum atomic E-state index is 12.7. The molecular formula is C24H34N6O. The highest BCUT2D eigenvalue weighted by Gasteiger charge is 2.32. The van der Waals surface area contributed by atoms with E-state index in [0.29, 0.717) is 12.5 Å². The van der Waals surface area contributed by atoms with E-state index >= 15 is 0 Å². The van der Waals surface area contributed by atoms with Gasteiger partial charge in [0.05, 0.1) is 13.1 Å². The van der Waals surface area contributed by atoms with Gasteiger partial charge in [-0.05, 0) is 43.4 Å². The number of aromatic nitrogens is 2. The maximum absolute atomic E-state index is 12.7. The zero-order valence-corrected chi connectivity index (χ0v) is 18.5. The number of hydrogen-bond acceptors (Lipinski definition) is 3. The molecule has 7 heteroatoms. The molecule has 1 aliphatic carbocycles. The molecule has 1 saturated heterocycles. The van der Waals surface area contributed by atoms with Crippen LogP contribution >= 0.6 is 0 Å². The predicted molar refractivity (Wildman–Crippen MR) is 123 cm³/mol. The minimum atomic E-state index is 0.252. The first kappa shape index (κ1) is 21.4. The van der Waals surface area contributed by atoms with E-state index in [4.69, 9.17) is 4.99 Å². The number of benzene rings is 1. The lowest BCUT2D eigenvalue weighted by atomic mass is 10.1. The number of carbonyl (C=O) groups is 1. The number of guanidine groups is 1. The van der Waals surface area contributed by atoms with E-state index in [1.807, 2.05) is 16.9 Å². The average Bonchev–Trinajstić information content (AvgIpc) is 3.55. The summed E-state index contributed by atoms with van der Waals surface area (Å²) in [6.07, 6.45) is 9.28. The summed E-state index contributed by atoms with van der Waals surface area (Å²) < 4.78 is 1.93. The molecule has 0 spiro atoms. The van der Waals surface area contributed by atoms with E-state index in [0.717, 1.165) is 51.4 Å². The van der Waals surface area contributed by atoms with Crippen molar-refractivity contribution in [3.8, 4) is 0 Å². The van der Waals surface area contributed by atoms with Gasteiger partial charge in [0, 0.05) is 44.0 Å². The lowest BCUT2D eigenvalue weighted by molar-refractivity contribution is -0.134. The van der Waals surface area contributed by atoms with Gasteiger partial charge in [0.2, 0.25) is 5.91 Å². The summed E-state index contributed by atoms with van der Waals surface area (Å²) in [7, 11) is 0. The third-order valence-electron chi connectivity index (χ3n) is 6.31. The number of nitrogens with one attached hydrogen (secondary N) is 2. The van der Waals surface area contributed by atoms with Gasteiger partial charge in [0.15, 0.2) is 5.96 Å². The molecule has 2 heterocycles. The van der Waals surface area contributed by atoms with Gasteiger partial charge in [0.1, 0.15) is 0 Å². The van der Waals surface area contributed by atoms with Gasteiger partial charge in [-0.25, -0.2) is 4.99 Å². The molecule has 1 atom stereocenters. The molecule has 1 aromatic heterocycles. The van der Waals surface area contributed by atoms with Crippen molar-refractivity contribution in [2.45, 2.75) is 58.2 Å². The Bertz CT molecular complexity index is 872. The van der Waals surface area contributed by atoms with Crippen LogP contribution in [-0.2, 0) is 17.9 Å². The second kappa shape index (κ2) is 10.5. The van der Waals surface area contributed by atoms with Crippen molar-refractivity contribution in [1.82, 2.24) is 25.3 Å². The van der Waals surface area contributed by atoms with Gasteiger partial charge in [-0.3, -0.25) is 9.48 Å². The largest absolute Gasteiger partial charge is 0.357 e. The van der Waals surface area contributed by atoms with Gasteiger partial charge >= 0.3 is 0 Å². The van der Waals surface area contributed by atoms with Crippen LogP contribution in [0.1, 0.15) is 50.2 Å². The van der Waals surface area contributed by atoms with Crippen LogP contribution in [0.4, 0.5) is 0 Å². The van der Waals surface area contributed by atoms with E-state index in [2.05, 4.69) is 51.8 Å². The Morgan fingerprint density at radius 1 is 1.16 bits per heavy atom. The van der Waals surface area contributed by atoms with Crippen molar-refractivity contribution in [2.75, 3.05) is 19.6 Å². The fourth-order valence-electron chi connectivity index (χ4n) is 4.62. The Balaban J connectivity index is 1.36. The normalized spacial score (nSPS) is 19.7. The number of hydrogen-bond donors (Lipinski definition) is 2. The molecule has 2 aliphatic rings. The summed E-state index contributed by atoms with van der Waals surface area (Å²) in [5, 5.41) is 11.2. The molecule has 4 rings (SSSR count). The Kier molecular flexibility index (Phi) is 7.22. The zero-order chi connectivity index (χ0) is 21.5. The summed E-state index contributed by atoms with van der Waals surface area (Å²) in [5.74, 6) is 1.43. The molecule has 1 aromatic carbocycles. The average molecular weight is 423 g/mol. The molecule has 2 aromatic rings. The molecule has 0 radical (unpaired) electrons.